The van der Waals surface area contributed by atoms with E-state index >= 15 is 0 Å². The highest BCUT2D eigenvalue weighted by Gasteiger charge is 2.14. The summed E-state index contributed by atoms with van der Waals surface area (Å²) in [5, 5.41) is 0. The number of hydrogen-bond donors (Lipinski definition) is 1. The lowest BCUT2D eigenvalue weighted by molar-refractivity contribution is 0.0524. The SMILES string of the molecule is CCOC(=O)c1ccoc1CSCCN. The molecule has 0 bridgehead atoms. The van der Waals surface area contributed by atoms with Gasteiger partial charge in [-0.25, -0.2) is 4.79 Å². The molecule has 15 heavy (non-hydrogen) atoms. The number of esters is 1. The highest BCUT2D eigenvalue weighted by Crippen LogP contribution is 2.18. The highest BCUT2D eigenvalue weighted by atomic mass is 32.2. The summed E-state index contributed by atoms with van der Waals surface area (Å²) in [5.74, 6) is 1.84. The van der Waals surface area contributed by atoms with E-state index in [2.05, 4.69) is 0 Å². The van der Waals surface area contributed by atoms with Crippen LogP contribution in [0.2, 0.25) is 0 Å². The van der Waals surface area contributed by atoms with Gasteiger partial charge >= 0.3 is 5.97 Å². The molecular formula is C10H15NO3S. The van der Waals surface area contributed by atoms with Crippen molar-refractivity contribution in [2.75, 3.05) is 18.9 Å². The van der Waals surface area contributed by atoms with E-state index < -0.39 is 0 Å². The summed E-state index contributed by atoms with van der Waals surface area (Å²) in [5.41, 5.74) is 5.89. The molecule has 5 heteroatoms. The molecule has 0 aliphatic rings. The number of furan rings is 1. The van der Waals surface area contributed by atoms with E-state index in [1.54, 1.807) is 24.8 Å². The van der Waals surface area contributed by atoms with Crippen molar-refractivity contribution in [2.45, 2.75) is 12.7 Å². The Morgan fingerprint density at radius 1 is 1.67 bits per heavy atom. The molecule has 0 amide bonds. The second kappa shape index (κ2) is 6.53. The Balaban J connectivity index is 2.56. The standard InChI is InChI=1S/C10H15NO3S/c1-2-13-10(12)8-3-5-14-9(8)7-15-6-4-11/h3,5H,2,4,6-7,11H2,1H3. The normalized spacial score (nSPS) is 10.3. The zero-order valence-electron chi connectivity index (χ0n) is 8.69. The number of carbonyl (C=O) groups is 1. The molecule has 84 valence electrons. The van der Waals surface area contributed by atoms with Crippen LogP contribution in [-0.4, -0.2) is 24.9 Å². The molecule has 0 saturated heterocycles. The van der Waals surface area contributed by atoms with Crippen molar-refractivity contribution in [1.82, 2.24) is 0 Å². The molecule has 0 fully saturated rings. The maximum Gasteiger partial charge on any atom is 0.341 e. The van der Waals surface area contributed by atoms with Crippen LogP contribution in [0.4, 0.5) is 0 Å². The van der Waals surface area contributed by atoms with Crippen molar-refractivity contribution in [3.8, 4) is 0 Å². The minimum absolute atomic E-state index is 0.324. The van der Waals surface area contributed by atoms with Crippen molar-refractivity contribution < 1.29 is 13.9 Å². The number of ether oxygens (including phenoxy) is 1. The Labute approximate surface area is 93.2 Å². The summed E-state index contributed by atoms with van der Waals surface area (Å²) in [6, 6.07) is 1.64. The first-order valence-corrected chi connectivity index (χ1v) is 5.96. The largest absolute Gasteiger partial charge is 0.468 e. The zero-order chi connectivity index (χ0) is 11.1. The number of thioether (sulfide) groups is 1. The minimum Gasteiger partial charge on any atom is -0.468 e. The molecule has 0 spiro atoms. The molecule has 0 aromatic carbocycles. The first-order valence-electron chi connectivity index (χ1n) is 4.81. The molecule has 0 saturated carbocycles. The van der Waals surface area contributed by atoms with Crippen LogP contribution in [0.3, 0.4) is 0 Å². The van der Waals surface area contributed by atoms with Crippen molar-refractivity contribution in [2.24, 2.45) is 5.73 Å². The van der Waals surface area contributed by atoms with Crippen LogP contribution in [0.1, 0.15) is 23.0 Å². The molecule has 1 aromatic rings. The number of hydrogen-bond acceptors (Lipinski definition) is 5. The number of nitrogens with two attached hydrogens (primary N) is 1. The smallest absolute Gasteiger partial charge is 0.341 e. The van der Waals surface area contributed by atoms with E-state index in [1.165, 1.54) is 6.26 Å². The van der Waals surface area contributed by atoms with Gasteiger partial charge in [0.2, 0.25) is 0 Å². The van der Waals surface area contributed by atoms with Gasteiger partial charge < -0.3 is 14.9 Å². The molecule has 0 atom stereocenters. The second-order valence-electron chi connectivity index (χ2n) is 2.82. The van der Waals surface area contributed by atoms with Crippen LogP contribution < -0.4 is 5.73 Å². The second-order valence-corrected chi connectivity index (χ2v) is 3.92. The Morgan fingerprint density at radius 3 is 3.13 bits per heavy atom. The lowest BCUT2D eigenvalue weighted by atomic mass is 10.3. The van der Waals surface area contributed by atoms with Gasteiger partial charge in [0.1, 0.15) is 11.3 Å². The summed E-state index contributed by atoms with van der Waals surface area (Å²) in [6.45, 7) is 2.78. The van der Waals surface area contributed by atoms with E-state index in [9.17, 15) is 4.79 Å². The molecule has 0 unspecified atom stereocenters. The summed E-state index contributed by atoms with van der Waals surface area (Å²) < 4.78 is 10.1. The summed E-state index contributed by atoms with van der Waals surface area (Å²) in [7, 11) is 0. The van der Waals surface area contributed by atoms with Crippen LogP contribution in [0.15, 0.2) is 16.7 Å². The van der Waals surface area contributed by atoms with Crippen LogP contribution in [0.25, 0.3) is 0 Å². The Morgan fingerprint density at radius 2 is 2.47 bits per heavy atom. The fraction of sp³-hybridized carbons (Fsp3) is 0.500. The van der Waals surface area contributed by atoms with Crippen molar-refractivity contribution in [3.05, 3.63) is 23.7 Å². The Hall–Kier alpha value is -0.940. The third kappa shape index (κ3) is 3.60. The minimum atomic E-state index is -0.324. The molecular weight excluding hydrogens is 214 g/mol. The van der Waals surface area contributed by atoms with Crippen molar-refractivity contribution in [1.29, 1.82) is 0 Å². The van der Waals surface area contributed by atoms with E-state index in [1.807, 2.05) is 0 Å². The zero-order valence-corrected chi connectivity index (χ0v) is 9.51. The predicted octanol–water partition coefficient (Wildman–Crippen LogP) is 1.65. The van der Waals surface area contributed by atoms with Crippen LogP contribution in [0.5, 0.6) is 0 Å². The number of rotatable bonds is 6. The van der Waals surface area contributed by atoms with E-state index in [4.69, 9.17) is 14.9 Å². The molecule has 0 aliphatic heterocycles. The van der Waals surface area contributed by atoms with Crippen molar-refractivity contribution >= 4 is 17.7 Å². The van der Waals surface area contributed by atoms with Crippen LogP contribution in [-0.2, 0) is 10.5 Å². The maximum atomic E-state index is 11.4. The van der Waals surface area contributed by atoms with Gasteiger partial charge in [0.05, 0.1) is 18.6 Å². The van der Waals surface area contributed by atoms with Gasteiger partial charge in [-0.1, -0.05) is 0 Å². The van der Waals surface area contributed by atoms with E-state index in [-0.39, 0.29) is 5.97 Å². The monoisotopic (exact) mass is 229 g/mol. The Bertz CT molecular complexity index is 311. The average molecular weight is 229 g/mol. The molecule has 4 nitrogen and oxygen atoms in total. The molecule has 2 N–H and O–H groups in total. The predicted molar refractivity (Wildman–Crippen MR) is 59.9 cm³/mol. The third-order valence-corrected chi connectivity index (χ3v) is 2.73. The van der Waals surface area contributed by atoms with Crippen molar-refractivity contribution in [3.63, 3.8) is 0 Å². The lowest BCUT2D eigenvalue weighted by Gasteiger charge is -2.02. The van der Waals surface area contributed by atoms with Gasteiger partial charge in [-0.15, -0.1) is 0 Å². The van der Waals surface area contributed by atoms with Gasteiger partial charge in [0.15, 0.2) is 0 Å². The fourth-order valence-corrected chi connectivity index (χ4v) is 1.81. The van der Waals surface area contributed by atoms with Gasteiger partial charge in [-0.05, 0) is 13.0 Å². The van der Waals surface area contributed by atoms with E-state index in [0.717, 1.165) is 5.75 Å². The van der Waals surface area contributed by atoms with Gasteiger partial charge in [0.25, 0.3) is 0 Å². The first-order chi connectivity index (χ1) is 7.29. The Kier molecular flexibility index (Phi) is 5.28. The third-order valence-electron chi connectivity index (χ3n) is 1.74. The van der Waals surface area contributed by atoms with E-state index in [0.29, 0.717) is 30.2 Å². The van der Waals surface area contributed by atoms with Crippen LogP contribution >= 0.6 is 11.8 Å². The van der Waals surface area contributed by atoms with Gasteiger partial charge in [-0.2, -0.15) is 11.8 Å². The van der Waals surface area contributed by atoms with Crippen LogP contribution in [0, 0.1) is 0 Å². The molecule has 1 aromatic heterocycles. The van der Waals surface area contributed by atoms with Gasteiger partial charge in [0, 0.05) is 12.3 Å². The fourth-order valence-electron chi connectivity index (χ4n) is 1.09. The summed E-state index contributed by atoms with van der Waals surface area (Å²) >= 11 is 1.63. The molecule has 0 radical (unpaired) electrons. The highest BCUT2D eigenvalue weighted by molar-refractivity contribution is 7.98. The average Bonchev–Trinajstić information content (AvgIpc) is 2.67. The topological polar surface area (TPSA) is 65.5 Å². The number of carbonyl (C=O) groups excluding carboxylic acids is 1. The molecule has 0 aliphatic carbocycles. The summed E-state index contributed by atoms with van der Waals surface area (Å²) in [4.78, 5) is 11.4. The quantitative estimate of drug-likeness (QED) is 0.593. The lowest BCUT2D eigenvalue weighted by Crippen LogP contribution is -2.06. The summed E-state index contributed by atoms with van der Waals surface area (Å²) in [6.07, 6.45) is 1.50. The molecule has 1 heterocycles. The maximum absolute atomic E-state index is 11.4. The molecule has 1 rings (SSSR count). The first kappa shape index (κ1) is 12.1. The van der Waals surface area contributed by atoms with Gasteiger partial charge in [-0.3, -0.25) is 0 Å².